The van der Waals surface area contributed by atoms with Crippen molar-refractivity contribution in [3.05, 3.63) is 0 Å². The summed E-state index contributed by atoms with van der Waals surface area (Å²) in [5.74, 6) is 0. The van der Waals surface area contributed by atoms with Gasteiger partial charge in [-0.15, -0.1) is 0 Å². The highest BCUT2D eigenvalue weighted by atomic mass is 16.5. The summed E-state index contributed by atoms with van der Waals surface area (Å²) in [6, 6.07) is 0. The minimum atomic E-state index is -1.84. The first-order valence-corrected chi connectivity index (χ1v) is 1.99. The zero-order valence-electron chi connectivity index (χ0n) is 7.69. The molecule has 1 aliphatic heterocycles. The second-order valence-electron chi connectivity index (χ2n) is 1.27. The Morgan fingerprint density at radius 2 is 2.83 bits per heavy atom. The molecule has 1 atom stereocenters. The fourth-order valence-electron chi connectivity index (χ4n) is 0.394. The molecule has 0 N–H and O–H groups in total. The highest BCUT2D eigenvalue weighted by Crippen LogP contribution is 2.09. The van der Waals surface area contributed by atoms with E-state index in [-0.39, 0.29) is 6.61 Å². The molecular formula is C5H10O. The first-order chi connectivity index (χ1) is 4.38. The van der Waals surface area contributed by atoms with Gasteiger partial charge in [-0.3, -0.25) is 0 Å². The van der Waals surface area contributed by atoms with Crippen molar-refractivity contribution in [1.82, 2.24) is 0 Å². The Kier molecular flexibility index (Phi) is 0.396. The maximum absolute atomic E-state index is 7.26. The largest absolute Gasteiger partial charge is 0.379 e. The van der Waals surface area contributed by atoms with Crippen molar-refractivity contribution in [1.29, 1.82) is 0 Å². The van der Waals surface area contributed by atoms with E-state index < -0.39 is 18.8 Å². The van der Waals surface area contributed by atoms with Crippen LogP contribution in [-0.4, -0.2) is 12.7 Å². The summed E-state index contributed by atoms with van der Waals surface area (Å²) in [7, 11) is 0. The predicted molar refractivity (Wildman–Crippen MR) is 24.6 cm³/mol. The fraction of sp³-hybridized carbons (Fsp3) is 1.00. The van der Waals surface area contributed by atoms with Crippen molar-refractivity contribution < 1.29 is 10.2 Å². The molecule has 1 heteroatoms. The van der Waals surface area contributed by atoms with Gasteiger partial charge < -0.3 is 4.74 Å². The van der Waals surface area contributed by atoms with Crippen LogP contribution in [0.2, 0.25) is 0 Å². The zero-order valence-corrected chi connectivity index (χ0v) is 3.69. The summed E-state index contributed by atoms with van der Waals surface area (Å²) in [5.41, 5.74) is 0. The van der Waals surface area contributed by atoms with E-state index in [1.807, 2.05) is 0 Å². The van der Waals surface area contributed by atoms with Gasteiger partial charge in [0.2, 0.25) is 0 Å². The third-order valence-corrected chi connectivity index (χ3v) is 0.711. The van der Waals surface area contributed by atoms with E-state index in [1.54, 1.807) is 6.92 Å². The van der Waals surface area contributed by atoms with Gasteiger partial charge in [0.1, 0.15) is 0 Å². The van der Waals surface area contributed by atoms with Gasteiger partial charge in [0, 0.05) is 12.1 Å². The average molecular weight is 90.2 g/mol. The van der Waals surface area contributed by atoms with Crippen LogP contribution in [0.3, 0.4) is 0 Å². The molecule has 6 heavy (non-hydrogen) atoms. The molecule has 1 saturated heterocycles. The standard InChI is InChI=1S/C5H10O/c1-5-3-2-4-6-5/h5H,2-4H2,1H3/i2D2,3D2. The molecule has 1 unspecified atom stereocenters. The molecule has 0 radical (unpaired) electrons. The summed E-state index contributed by atoms with van der Waals surface area (Å²) in [5, 5.41) is 0. The van der Waals surface area contributed by atoms with E-state index in [0.717, 1.165) is 0 Å². The van der Waals surface area contributed by atoms with Crippen LogP contribution < -0.4 is 0 Å². The lowest BCUT2D eigenvalue weighted by Crippen LogP contribution is -1.94. The molecule has 1 aliphatic rings. The normalized spacial score (nSPS) is 61.2. The summed E-state index contributed by atoms with van der Waals surface area (Å²) < 4.78 is 33.7. The quantitative estimate of drug-likeness (QED) is 0.434. The van der Waals surface area contributed by atoms with Crippen LogP contribution in [-0.2, 0) is 4.74 Å². The van der Waals surface area contributed by atoms with Crippen LogP contribution in [0, 0.1) is 0 Å². The third kappa shape index (κ3) is 0.716. The topological polar surface area (TPSA) is 9.23 Å². The molecule has 0 aromatic rings. The molecule has 1 nitrogen and oxygen atoms in total. The van der Waals surface area contributed by atoms with E-state index in [2.05, 4.69) is 0 Å². The summed E-state index contributed by atoms with van der Waals surface area (Å²) in [6.07, 6.45) is -4.30. The first kappa shape index (κ1) is 1.48. The minimum absolute atomic E-state index is 0.138. The first-order valence-electron chi connectivity index (χ1n) is 3.99. The minimum Gasteiger partial charge on any atom is -0.379 e. The Labute approximate surface area is 43.9 Å². The Hall–Kier alpha value is -0.0400. The fourth-order valence-corrected chi connectivity index (χ4v) is 0.394. The van der Waals surface area contributed by atoms with Gasteiger partial charge in [-0.2, -0.15) is 0 Å². The molecule has 0 aromatic heterocycles. The Balaban J connectivity index is 2.84. The van der Waals surface area contributed by atoms with Crippen molar-refractivity contribution in [3.8, 4) is 0 Å². The second-order valence-corrected chi connectivity index (χ2v) is 1.27. The molecule has 1 rings (SSSR count). The molecule has 0 aliphatic carbocycles. The molecule has 0 aromatic carbocycles. The maximum Gasteiger partial charge on any atom is 0.0547 e. The Morgan fingerprint density at radius 3 is 3.00 bits per heavy atom. The van der Waals surface area contributed by atoms with E-state index in [1.165, 1.54) is 0 Å². The van der Waals surface area contributed by atoms with Gasteiger partial charge >= 0.3 is 0 Å². The third-order valence-electron chi connectivity index (χ3n) is 0.711. The second kappa shape index (κ2) is 1.61. The van der Waals surface area contributed by atoms with Crippen molar-refractivity contribution >= 4 is 0 Å². The maximum atomic E-state index is 7.26. The van der Waals surface area contributed by atoms with Crippen molar-refractivity contribution in [2.75, 3.05) is 6.61 Å². The number of hydrogen-bond donors (Lipinski definition) is 0. The van der Waals surface area contributed by atoms with Gasteiger partial charge in [0.25, 0.3) is 0 Å². The van der Waals surface area contributed by atoms with Crippen LogP contribution in [0.4, 0.5) is 0 Å². The number of hydrogen-bond acceptors (Lipinski definition) is 1. The molecule has 1 fully saturated rings. The van der Waals surface area contributed by atoms with Gasteiger partial charge in [0.05, 0.1) is 6.10 Å². The lowest BCUT2D eigenvalue weighted by molar-refractivity contribution is 0.125. The van der Waals surface area contributed by atoms with Crippen LogP contribution in [0.25, 0.3) is 0 Å². The highest BCUT2D eigenvalue weighted by molar-refractivity contribution is 4.56. The summed E-state index contributed by atoms with van der Waals surface area (Å²) in [6.45, 7) is 1.41. The van der Waals surface area contributed by atoms with E-state index in [0.29, 0.717) is 0 Å². The molecule has 0 spiro atoms. The van der Waals surface area contributed by atoms with Crippen LogP contribution >= 0.6 is 0 Å². The number of ether oxygens (including phenoxy) is 1. The lowest BCUT2D eigenvalue weighted by atomic mass is 10.3. The Morgan fingerprint density at radius 1 is 2.00 bits per heavy atom. The van der Waals surface area contributed by atoms with Gasteiger partial charge in [-0.05, 0) is 19.7 Å². The molecule has 1 heterocycles. The number of rotatable bonds is 0. The predicted octanol–water partition coefficient (Wildman–Crippen LogP) is 1.19. The zero-order chi connectivity index (χ0) is 7.99. The molecule has 0 saturated carbocycles. The van der Waals surface area contributed by atoms with E-state index in [4.69, 9.17) is 10.2 Å². The van der Waals surface area contributed by atoms with Crippen LogP contribution in [0.1, 0.15) is 25.2 Å². The van der Waals surface area contributed by atoms with Crippen molar-refractivity contribution in [2.45, 2.75) is 25.8 Å². The summed E-state index contributed by atoms with van der Waals surface area (Å²) in [4.78, 5) is 0. The Bertz CT molecular complexity index is 145. The van der Waals surface area contributed by atoms with Crippen molar-refractivity contribution in [2.24, 2.45) is 0 Å². The van der Waals surface area contributed by atoms with E-state index >= 15 is 0 Å². The lowest BCUT2D eigenvalue weighted by Gasteiger charge is -1.94. The monoisotopic (exact) mass is 90.1 g/mol. The SMILES string of the molecule is [2H]C1([2H])COC(C)C1([2H])[2H]. The van der Waals surface area contributed by atoms with Crippen LogP contribution in [0.5, 0.6) is 0 Å². The molecule has 36 valence electrons. The van der Waals surface area contributed by atoms with Gasteiger partial charge in [-0.1, -0.05) is 0 Å². The van der Waals surface area contributed by atoms with Gasteiger partial charge in [0.15, 0.2) is 0 Å². The van der Waals surface area contributed by atoms with Crippen molar-refractivity contribution in [3.63, 3.8) is 0 Å². The smallest absolute Gasteiger partial charge is 0.0547 e. The van der Waals surface area contributed by atoms with E-state index in [9.17, 15) is 0 Å². The molecule has 0 bridgehead atoms. The molecular weight excluding hydrogens is 76.1 g/mol. The average Bonchev–Trinajstić information content (AvgIpc) is 1.94. The highest BCUT2D eigenvalue weighted by Gasteiger charge is 2.07. The molecule has 0 amide bonds. The van der Waals surface area contributed by atoms with Gasteiger partial charge in [-0.25, -0.2) is 0 Å². The van der Waals surface area contributed by atoms with Crippen LogP contribution in [0.15, 0.2) is 0 Å². The summed E-state index contributed by atoms with van der Waals surface area (Å²) >= 11 is 0.